The number of carbonyl (C=O) groups excluding carboxylic acids is 1. The fraction of sp³-hybridized carbons (Fsp3) is 0.125. The van der Waals surface area contributed by atoms with Crippen LogP contribution >= 0.6 is 0 Å². The van der Waals surface area contributed by atoms with Crippen LogP contribution in [0.5, 0.6) is 5.75 Å². The Morgan fingerprint density at radius 1 is 1.07 bits per heavy atom. The summed E-state index contributed by atoms with van der Waals surface area (Å²) in [4.78, 5) is 30.7. The van der Waals surface area contributed by atoms with E-state index in [-0.39, 0.29) is 11.4 Å². The lowest BCUT2D eigenvalue weighted by atomic mass is 10.1. The zero-order chi connectivity index (χ0) is 20.6. The Bertz CT molecular complexity index is 804. The van der Waals surface area contributed by atoms with Gasteiger partial charge in [-0.15, -0.1) is 0 Å². The number of halogens is 3. The number of hydrogen-bond donors (Lipinski definition) is 2. The van der Waals surface area contributed by atoms with E-state index < -0.39 is 23.0 Å². The SMILES string of the molecule is NCc1ccc(C(=O)Oc2ccc([N+](=O)[O-])cc2)cc1.O=C(O)C(F)(F)F. The molecule has 0 bridgehead atoms. The number of nitro benzene ring substituents is 1. The van der Waals surface area contributed by atoms with Crippen LogP contribution in [0.15, 0.2) is 48.5 Å². The third-order valence-corrected chi connectivity index (χ3v) is 2.93. The number of rotatable bonds is 4. The first-order valence-corrected chi connectivity index (χ1v) is 7.10. The van der Waals surface area contributed by atoms with E-state index in [9.17, 15) is 28.1 Å². The lowest BCUT2D eigenvalue weighted by Crippen LogP contribution is -2.21. The normalized spacial score (nSPS) is 10.4. The second-order valence-electron chi connectivity index (χ2n) is 4.84. The number of carboxylic acid groups (broad SMARTS) is 1. The van der Waals surface area contributed by atoms with Crippen molar-refractivity contribution in [3.05, 3.63) is 69.8 Å². The zero-order valence-corrected chi connectivity index (χ0v) is 13.5. The average Bonchev–Trinajstić information content (AvgIpc) is 2.62. The summed E-state index contributed by atoms with van der Waals surface area (Å²) in [6, 6.07) is 12.0. The van der Waals surface area contributed by atoms with Crippen LogP contribution in [0.1, 0.15) is 15.9 Å². The van der Waals surface area contributed by atoms with E-state index in [1.165, 1.54) is 24.3 Å². The van der Waals surface area contributed by atoms with Crippen molar-refractivity contribution in [3.63, 3.8) is 0 Å². The predicted octanol–water partition coefficient (Wildman–Crippen LogP) is 2.91. The molecule has 0 saturated carbocycles. The lowest BCUT2D eigenvalue weighted by molar-refractivity contribution is -0.384. The number of nitrogens with zero attached hydrogens (tertiary/aromatic N) is 1. The maximum atomic E-state index is 11.8. The minimum Gasteiger partial charge on any atom is -0.475 e. The standard InChI is InChI=1S/C14H12N2O4.C2HF3O2/c15-9-10-1-3-11(4-2-10)14(17)20-13-7-5-12(6-8-13)16(18)19;3-2(4,5)1(6)7/h1-8H,9,15H2;(H,6,7). The van der Waals surface area contributed by atoms with Crippen molar-refractivity contribution in [1.29, 1.82) is 0 Å². The van der Waals surface area contributed by atoms with Crippen molar-refractivity contribution in [2.45, 2.75) is 12.7 Å². The Balaban J connectivity index is 0.000000445. The van der Waals surface area contributed by atoms with Gasteiger partial charge in [0.1, 0.15) is 5.75 Å². The molecule has 0 aliphatic carbocycles. The molecule has 0 aliphatic heterocycles. The summed E-state index contributed by atoms with van der Waals surface area (Å²) >= 11 is 0. The van der Waals surface area contributed by atoms with Crippen molar-refractivity contribution >= 4 is 17.6 Å². The zero-order valence-electron chi connectivity index (χ0n) is 13.5. The molecule has 27 heavy (non-hydrogen) atoms. The lowest BCUT2D eigenvalue weighted by Gasteiger charge is -2.04. The first-order chi connectivity index (χ1) is 12.5. The average molecular weight is 386 g/mol. The number of carbonyl (C=O) groups is 2. The predicted molar refractivity (Wildman–Crippen MR) is 86.1 cm³/mol. The quantitative estimate of drug-likeness (QED) is 0.357. The van der Waals surface area contributed by atoms with Gasteiger partial charge in [-0.25, -0.2) is 9.59 Å². The number of non-ortho nitro benzene ring substituents is 1. The van der Waals surface area contributed by atoms with E-state index >= 15 is 0 Å². The third kappa shape index (κ3) is 7.12. The molecule has 0 atom stereocenters. The number of ether oxygens (including phenoxy) is 1. The van der Waals surface area contributed by atoms with Gasteiger partial charge in [0.25, 0.3) is 5.69 Å². The Morgan fingerprint density at radius 2 is 1.56 bits per heavy atom. The summed E-state index contributed by atoms with van der Waals surface area (Å²) in [7, 11) is 0. The van der Waals surface area contributed by atoms with Crippen LogP contribution in [0.3, 0.4) is 0 Å². The van der Waals surface area contributed by atoms with Crippen molar-refractivity contribution in [2.24, 2.45) is 5.73 Å². The minimum absolute atomic E-state index is 0.0582. The molecule has 0 spiro atoms. The molecule has 144 valence electrons. The summed E-state index contributed by atoms with van der Waals surface area (Å²) in [5.74, 6) is -3.03. The smallest absolute Gasteiger partial charge is 0.475 e. The number of nitrogens with two attached hydrogens (primary N) is 1. The van der Waals surface area contributed by atoms with Crippen LogP contribution in [-0.2, 0) is 11.3 Å². The van der Waals surface area contributed by atoms with E-state index in [0.717, 1.165) is 5.56 Å². The summed E-state index contributed by atoms with van der Waals surface area (Å²) < 4.78 is 36.9. The van der Waals surface area contributed by atoms with Gasteiger partial charge in [-0.1, -0.05) is 12.1 Å². The fourth-order valence-electron chi connectivity index (χ4n) is 1.58. The highest BCUT2D eigenvalue weighted by molar-refractivity contribution is 5.91. The molecular weight excluding hydrogens is 373 g/mol. The van der Waals surface area contributed by atoms with Gasteiger partial charge in [-0.05, 0) is 29.8 Å². The topological polar surface area (TPSA) is 133 Å². The Labute approximate surface area is 150 Å². The third-order valence-electron chi connectivity index (χ3n) is 2.93. The van der Waals surface area contributed by atoms with Crippen LogP contribution in [-0.4, -0.2) is 28.1 Å². The van der Waals surface area contributed by atoms with Gasteiger partial charge in [0.15, 0.2) is 0 Å². The molecule has 2 aromatic rings. The van der Waals surface area contributed by atoms with Gasteiger partial charge >= 0.3 is 18.1 Å². The number of aliphatic carboxylic acids is 1. The Kier molecular flexibility index (Phi) is 7.42. The molecule has 0 aliphatic rings. The summed E-state index contributed by atoms with van der Waals surface area (Å²) in [5.41, 5.74) is 6.71. The van der Waals surface area contributed by atoms with Crippen molar-refractivity contribution in [1.82, 2.24) is 0 Å². The number of benzene rings is 2. The first kappa shape index (κ1) is 21.6. The Hall–Kier alpha value is -3.47. The largest absolute Gasteiger partial charge is 0.490 e. The number of hydrogen-bond acceptors (Lipinski definition) is 6. The van der Waals surface area contributed by atoms with Gasteiger partial charge in [-0.2, -0.15) is 13.2 Å². The van der Waals surface area contributed by atoms with E-state index in [1.54, 1.807) is 24.3 Å². The second-order valence-corrected chi connectivity index (χ2v) is 4.84. The van der Waals surface area contributed by atoms with Crippen molar-refractivity contribution in [2.75, 3.05) is 0 Å². The monoisotopic (exact) mass is 386 g/mol. The molecular formula is C16H13F3N2O6. The van der Waals surface area contributed by atoms with E-state index in [2.05, 4.69) is 0 Å². The maximum absolute atomic E-state index is 11.8. The molecule has 0 saturated heterocycles. The molecule has 0 fully saturated rings. The molecule has 2 aromatic carbocycles. The molecule has 0 unspecified atom stereocenters. The molecule has 0 aromatic heterocycles. The van der Waals surface area contributed by atoms with Crippen LogP contribution < -0.4 is 10.5 Å². The highest BCUT2D eigenvalue weighted by atomic mass is 19.4. The highest BCUT2D eigenvalue weighted by Gasteiger charge is 2.38. The molecule has 0 amide bonds. The molecule has 3 N–H and O–H groups in total. The van der Waals surface area contributed by atoms with Crippen molar-refractivity contribution in [3.8, 4) is 5.75 Å². The Morgan fingerprint density at radius 3 is 1.93 bits per heavy atom. The molecule has 0 radical (unpaired) electrons. The van der Waals surface area contributed by atoms with E-state index in [4.69, 9.17) is 20.4 Å². The molecule has 2 rings (SSSR count). The maximum Gasteiger partial charge on any atom is 0.490 e. The molecule has 11 heteroatoms. The van der Waals surface area contributed by atoms with Gasteiger partial charge in [0.2, 0.25) is 0 Å². The second kappa shape index (κ2) is 9.29. The van der Waals surface area contributed by atoms with E-state index in [0.29, 0.717) is 12.1 Å². The highest BCUT2D eigenvalue weighted by Crippen LogP contribution is 2.18. The fourth-order valence-corrected chi connectivity index (χ4v) is 1.58. The summed E-state index contributed by atoms with van der Waals surface area (Å²) in [6.45, 7) is 0.400. The summed E-state index contributed by atoms with van der Waals surface area (Å²) in [5, 5.41) is 17.6. The minimum atomic E-state index is -5.08. The van der Waals surface area contributed by atoms with E-state index in [1.807, 2.05) is 0 Å². The molecule has 0 heterocycles. The van der Waals surface area contributed by atoms with Crippen LogP contribution in [0.4, 0.5) is 18.9 Å². The number of nitro groups is 1. The van der Waals surface area contributed by atoms with Crippen LogP contribution in [0, 0.1) is 10.1 Å². The van der Waals surface area contributed by atoms with Crippen LogP contribution in [0.25, 0.3) is 0 Å². The van der Waals surface area contributed by atoms with Gasteiger partial charge in [0, 0.05) is 18.7 Å². The van der Waals surface area contributed by atoms with Gasteiger partial charge in [-0.3, -0.25) is 10.1 Å². The number of alkyl halides is 3. The summed E-state index contributed by atoms with van der Waals surface area (Å²) in [6.07, 6.45) is -5.08. The number of carboxylic acids is 1. The number of esters is 1. The molecule has 8 nitrogen and oxygen atoms in total. The van der Waals surface area contributed by atoms with Crippen LogP contribution in [0.2, 0.25) is 0 Å². The van der Waals surface area contributed by atoms with Crippen molar-refractivity contribution < 1.29 is 37.5 Å². The van der Waals surface area contributed by atoms with Gasteiger partial charge in [0.05, 0.1) is 10.5 Å². The first-order valence-electron chi connectivity index (χ1n) is 7.10. The van der Waals surface area contributed by atoms with Gasteiger partial charge < -0.3 is 15.6 Å².